The lowest BCUT2D eigenvalue weighted by atomic mass is 9.95. The van der Waals surface area contributed by atoms with Crippen molar-refractivity contribution >= 4 is 60.5 Å². The third-order valence-corrected chi connectivity index (χ3v) is 7.59. The van der Waals surface area contributed by atoms with Crippen LogP contribution in [0.15, 0.2) is 180 Å². The standard InChI is InChI=1S/C44H29NO/c1-3-13-30(14-4-1)31-25-27-34(28-26-31)45(40-22-11-18-32-17-7-8-19-35(32)40)41-23-12-24-42-43(41)39-29-38(33-15-5-2-6-16-33)36-20-9-10-21-37(36)44(39)46-42/h1-29H/i1D,2D,3D,4D,5D,6D,7D,8D,11D,13D,14D,15D,16D,17D,18D,19D,22D,25D,26D,27D,28D. The Kier molecular flexibility index (Phi) is 2.98. The first-order valence-electron chi connectivity index (χ1n) is 24.5. The molecule has 46 heavy (non-hydrogen) atoms. The molecule has 9 aromatic rings. The molecule has 0 spiro atoms. The zero-order valence-corrected chi connectivity index (χ0v) is 23.5. The molecule has 0 fully saturated rings. The minimum absolute atomic E-state index is 0.0767. The van der Waals surface area contributed by atoms with Gasteiger partial charge in [0.1, 0.15) is 11.2 Å². The monoisotopic (exact) mass is 608 g/mol. The molecule has 0 atom stereocenters. The lowest BCUT2D eigenvalue weighted by molar-refractivity contribution is 0.672. The highest BCUT2D eigenvalue weighted by atomic mass is 16.3. The first-order chi connectivity index (χ1) is 31.6. The SMILES string of the molecule is [2H]c1c([2H])c([2H])c(-c2c([2H])c([2H])c(N(c3c([2H])c([2H])c([2H])c4c([2H])c([2H])c([2H])c([2H])c34)c3cccc4oc5c6ccccc6c(-c6c([2H])c([2H])c([2H])c([2H])c6[2H])cc5c34)c([2H])c2[2H])c([2H])c1[2H]. The number of anilines is 3. The van der Waals surface area contributed by atoms with Crippen LogP contribution in [0.2, 0.25) is 0 Å². The average molecular weight is 609 g/mol. The summed E-state index contributed by atoms with van der Waals surface area (Å²) in [5, 5.41) is 0.0429. The van der Waals surface area contributed by atoms with E-state index in [0.717, 1.165) is 4.90 Å². The van der Waals surface area contributed by atoms with E-state index in [1.807, 2.05) is 0 Å². The molecule has 2 heteroatoms. The fourth-order valence-electron chi connectivity index (χ4n) is 5.64. The summed E-state index contributed by atoms with van der Waals surface area (Å²) in [6.45, 7) is 0. The highest BCUT2D eigenvalue weighted by Gasteiger charge is 2.22. The van der Waals surface area contributed by atoms with E-state index in [4.69, 9.17) is 26.3 Å². The van der Waals surface area contributed by atoms with E-state index in [2.05, 4.69) is 0 Å². The summed E-state index contributed by atoms with van der Waals surface area (Å²) >= 11 is 0. The zero-order chi connectivity index (χ0) is 48.7. The summed E-state index contributed by atoms with van der Waals surface area (Å²) in [6, 6.07) is -3.61. The van der Waals surface area contributed by atoms with E-state index in [9.17, 15) is 6.85 Å². The van der Waals surface area contributed by atoms with Gasteiger partial charge < -0.3 is 9.32 Å². The molecule has 2 nitrogen and oxygen atoms in total. The molecule has 9 rings (SSSR count). The molecule has 0 radical (unpaired) electrons. The van der Waals surface area contributed by atoms with Crippen molar-refractivity contribution in [2.24, 2.45) is 0 Å². The zero-order valence-electron chi connectivity index (χ0n) is 44.5. The molecule has 216 valence electrons. The Hall–Kier alpha value is -6.12. The largest absolute Gasteiger partial charge is 0.455 e. The van der Waals surface area contributed by atoms with Crippen molar-refractivity contribution in [3.8, 4) is 22.3 Å². The van der Waals surface area contributed by atoms with Gasteiger partial charge in [0.05, 0.1) is 45.5 Å². The van der Waals surface area contributed by atoms with Gasteiger partial charge in [-0.15, -0.1) is 0 Å². The van der Waals surface area contributed by atoms with Gasteiger partial charge in [0, 0.05) is 21.8 Å². The molecule has 0 aliphatic carbocycles. The van der Waals surface area contributed by atoms with Crippen molar-refractivity contribution in [3.63, 3.8) is 0 Å². The summed E-state index contributed by atoms with van der Waals surface area (Å²) in [6.07, 6.45) is 0. The number of hydrogen-bond donors (Lipinski definition) is 0. The van der Waals surface area contributed by atoms with Crippen LogP contribution in [0.1, 0.15) is 28.8 Å². The summed E-state index contributed by atoms with van der Waals surface area (Å²) in [7, 11) is 0. The minimum Gasteiger partial charge on any atom is -0.455 e. The number of nitrogens with zero attached hydrogens (tertiary/aromatic N) is 1. The van der Waals surface area contributed by atoms with E-state index in [1.165, 1.54) is 24.3 Å². The number of fused-ring (bicyclic) bond motifs is 6. The van der Waals surface area contributed by atoms with Gasteiger partial charge in [-0.2, -0.15) is 0 Å². The molecule has 0 aliphatic heterocycles. The van der Waals surface area contributed by atoms with Crippen LogP contribution in [0.25, 0.3) is 65.7 Å². The molecule has 8 aromatic carbocycles. The summed E-state index contributed by atoms with van der Waals surface area (Å²) in [4.78, 5) is 0.978. The average Bonchev–Trinajstić information content (AvgIpc) is 3.70. The van der Waals surface area contributed by atoms with Crippen molar-refractivity contribution in [3.05, 3.63) is 175 Å². The van der Waals surface area contributed by atoms with Crippen molar-refractivity contribution in [2.45, 2.75) is 0 Å². The topological polar surface area (TPSA) is 16.4 Å². The lowest BCUT2D eigenvalue weighted by Gasteiger charge is -2.27. The maximum Gasteiger partial charge on any atom is 0.143 e. The third kappa shape index (κ3) is 4.27. The number of hydrogen-bond acceptors (Lipinski definition) is 2. The molecular weight excluding hydrogens is 558 g/mol. The van der Waals surface area contributed by atoms with Crippen molar-refractivity contribution in [1.82, 2.24) is 0 Å². The van der Waals surface area contributed by atoms with Crippen LogP contribution in [-0.2, 0) is 0 Å². The van der Waals surface area contributed by atoms with E-state index < -0.39 is 160 Å². The predicted molar refractivity (Wildman–Crippen MR) is 194 cm³/mol. The number of rotatable bonds is 5. The number of furan rings is 1. The molecule has 0 amide bonds. The maximum atomic E-state index is 9.58. The smallest absolute Gasteiger partial charge is 0.143 e. The summed E-state index contributed by atoms with van der Waals surface area (Å²) in [5.41, 5.74) is -2.51. The van der Waals surface area contributed by atoms with Crippen LogP contribution in [0.4, 0.5) is 17.1 Å². The van der Waals surface area contributed by atoms with Crippen LogP contribution in [0.5, 0.6) is 0 Å². The van der Waals surface area contributed by atoms with Gasteiger partial charge >= 0.3 is 0 Å². The highest BCUT2D eigenvalue weighted by Crippen LogP contribution is 2.47. The first-order valence-corrected chi connectivity index (χ1v) is 14.0. The van der Waals surface area contributed by atoms with E-state index in [-0.39, 0.29) is 38.8 Å². The first kappa shape index (κ1) is 12.7. The Balaban J connectivity index is 1.51. The molecule has 0 unspecified atom stereocenters. The van der Waals surface area contributed by atoms with Gasteiger partial charge in [0.25, 0.3) is 0 Å². The Bertz CT molecular complexity index is 3640. The summed E-state index contributed by atoms with van der Waals surface area (Å²) in [5.74, 6) is 0. The van der Waals surface area contributed by atoms with Crippen LogP contribution < -0.4 is 4.90 Å². The minimum atomic E-state index is -0.923. The van der Waals surface area contributed by atoms with Gasteiger partial charge in [-0.05, 0) is 69.4 Å². The molecule has 0 saturated carbocycles. The maximum absolute atomic E-state index is 9.58. The van der Waals surface area contributed by atoms with E-state index in [1.54, 1.807) is 24.3 Å². The van der Waals surface area contributed by atoms with Crippen LogP contribution in [-0.4, -0.2) is 0 Å². The van der Waals surface area contributed by atoms with Crippen molar-refractivity contribution in [2.75, 3.05) is 4.90 Å². The van der Waals surface area contributed by atoms with Crippen LogP contribution in [0, 0.1) is 0 Å². The molecular formula is C44H29NO. The second kappa shape index (κ2) is 10.8. The fourth-order valence-corrected chi connectivity index (χ4v) is 5.64. The van der Waals surface area contributed by atoms with Gasteiger partial charge in [-0.1, -0.05) is 139 Å². The van der Waals surface area contributed by atoms with Crippen LogP contribution in [0.3, 0.4) is 0 Å². The van der Waals surface area contributed by atoms with Gasteiger partial charge in [-0.25, -0.2) is 0 Å². The predicted octanol–water partition coefficient (Wildman–Crippen LogP) is 12.7. The summed E-state index contributed by atoms with van der Waals surface area (Å²) < 4.78 is 192. The molecule has 0 aliphatic rings. The quantitative estimate of drug-likeness (QED) is 0.193. The van der Waals surface area contributed by atoms with Crippen LogP contribution >= 0.6 is 0 Å². The number of benzene rings is 8. The molecule has 1 heterocycles. The Morgan fingerprint density at radius 2 is 1.15 bits per heavy atom. The molecule has 0 saturated heterocycles. The molecule has 1 aromatic heterocycles. The molecule has 0 N–H and O–H groups in total. The van der Waals surface area contributed by atoms with Crippen molar-refractivity contribution in [1.29, 1.82) is 0 Å². The van der Waals surface area contributed by atoms with E-state index in [0.29, 0.717) is 10.8 Å². The van der Waals surface area contributed by atoms with Crippen molar-refractivity contribution < 1.29 is 33.2 Å². The van der Waals surface area contributed by atoms with Gasteiger partial charge in [0.15, 0.2) is 0 Å². The lowest BCUT2D eigenvalue weighted by Crippen LogP contribution is -2.10. The second-order valence-corrected chi connectivity index (χ2v) is 10.1. The Labute approximate surface area is 296 Å². The van der Waals surface area contributed by atoms with Gasteiger partial charge in [-0.3, -0.25) is 0 Å². The van der Waals surface area contributed by atoms with E-state index >= 15 is 0 Å². The third-order valence-electron chi connectivity index (χ3n) is 7.59. The second-order valence-electron chi connectivity index (χ2n) is 10.1. The Morgan fingerprint density at radius 3 is 1.96 bits per heavy atom. The highest BCUT2D eigenvalue weighted by molar-refractivity contribution is 6.23. The normalized spacial score (nSPS) is 17.9. The van der Waals surface area contributed by atoms with Gasteiger partial charge in [0.2, 0.25) is 0 Å². The Morgan fingerprint density at radius 1 is 0.478 bits per heavy atom. The molecule has 0 bridgehead atoms. The fraction of sp³-hybridized carbons (Fsp3) is 0.